The van der Waals surface area contributed by atoms with Crippen LogP contribution in [0, 0.1) is 5.92 Å². The highest BCUT2D eigenvalue weighted by molar-refractivity contribution is 7.09. The standard InChI is InChI=1S/C25H34N4O2S/c30-25(26-17-20-5-8-27(9-6-20)19-23-2-1-15-32-23)29-12-10-28(11-13-29)18-21-3-4-24-22(16-21)7-14-31-24/h1-4,15-16,20H,5-14,17-19H2,(H,26,30). The molecule has 1 N–H and O–H groups in total. The smallest absolute Gasteiger partial charge is 0.317 e. The summed E-state index contributed by atoms with van der Waals surface area (Å²) in [5, 5.41) is 5.37. The Morgan fingerprint density at radius 3 is 2.62 bits per heavy atom. The number of nitrogens with zero attached hydrogens (tertiary/aromatic N) is 3. The fourth-order valence-electron chi connectivity index (χ4n) is 5.02. The van der Waals surface area contributed by atoms with Crippen LogP contribution in [0.4, 0.5) is 4.79 Å². The van der Waals surface area contributed by atoms with E-state index in [1.165, 1.54) is 28.8 Å². The maximum atomic E-state index is 12.7. The van der Waals surface area contributed by atoms with Crippen LogP contribution in [-0.2, 0) is 19.5 Å². The van der Waals surface area contributed by atoms with Gasteiger partial charge in [-0.25, -0.2) is 4.79 Å². The number of ether oxygens (including phenoxy) is 1. The summed E-state index contributed by atoms with van der Waals surface area (Å²) in [6.45, 7) is 9.37. The van der Waals surface area contributed by atoms with Crippen LogP contribution >= 0.6 is 11.3 Å². The second-order valence-electron chi connectivity index (χ2n) is 9.29. The van der Waals surface area contributed by atoms with Gasteiger partial charge in [0.25, 0.3) is 0 Å². The molecule has 6 nitrogen and oxygen atoms in total. The molecule has 0 aliphatic carbocycles. The molecule has 0 atom stereocenters. The number of nitrogens with one attached hydrogen (secondary N) is 1. The maximum absolute atomic E-state index is 12.7. The molecule has 7 heteroatoms. The number of hydrogen-bond acceptors (Lipinski definition) is 5. The monoisotopic (exact) mass is 454 g/mol. The van der Waals surface area contributed by atoms with Gasteiger partial charge in [0, 0.05) is 57.1 Å². The van der Waals surface area contributed by atoms with Crippen LogP contribution in [0.3, 0.4) is 0 Å². The average Bonchev–Trinajstić information content (AvgIpc) is 3.50. The van der Waals surface area contributed by atoms with Gasteiger partial charge < -0.3 is 15.0 Å². The second kappa shape index (κ2) is 10.2. The number of fused-ring (bicyclic) bond motifs is 1. The van der Waals surface area contributed by atoms with E-state index < -0.39 is 0 Å². The number of piperazine rings is 1. The number of piperidine rings is 1. The molecule has 3 aliphatic rings. The predicted octanol–water partition coefficient (Wildman–Crippen LogP) is 3.42. The molecule has 0 saturated carbocycles. The zero-order valence-corrected chi connectivity index (χ0v) is 19.6. The van der Waals surface area contributed by atoms with Crippen molar-refractivity contribution in [3.05, 3.63) is 51.7 Å². The lowest BCUT2D eigenvalue weighted by atomic mass is 9.97. The van der Waals surface area contributed by atoms with Crippen molar-refractivity contribution >= 4 is 17.4 Å². The summed E-state index contributed by atoms with van der Waals surface area (Å²) in [4.78, 5) is 21.1. The molecule has 0 bridgehead atoms. The molecule has 5 rings (SSSR count). The molecule has 3 aliphatic heterocycles. The molecule has 0 radical (unpaired) electrons. The third-order valence-electron chi connectivity index (χ3n) is 7.03. The Balaban J connectivity index is 0.996. The van der Waals surface area contributed by atoms with E-state index in [9.17, 15) is 4.79 Å². The van der Waals surface area contributed by atoms with E-state index in [1.54, 1.807) is 0 Å². The minimum atomic E-state index is 0.111. The number of amides is 2. The minimum Gasteiger partial charge on any atom is -0.493 e. The number of likely N-dealkylation sites (tertiary alicyclic amines) is 1. The third-order valence-corrected chi connectivity index (χ3v) is 7.89. The summed E-state index contributed by atoms with van der Waals surface area (Å²) in [6, 6.07) is 11.0. The van der Waals surface area contributed by atoms with Crippen LogP contribution in [0.5, 0.6) is 5.75 Å². The molecule has 2 saturated heterocycles. The summed E-state index contributed by atoms with van der Waals surface area (Å²) in [6.07, 6.45) is 3.36. The number of rotatable bonds is 6. The summed E-state index contributed by atoms with van der Waals surface area (Å²) in [5.41, 5.74) is 2.68. The van der Waals surface area contributed by atoms with E-state index in [-0.39, 0.29) is 6.03 Å². The molecule has 2 fully saturated rings. The van der Waals surface area contributed by atoms with Gasteiger partial charge in [0.05, 0.1) is 6.61 Å². The molecule has 32 heavy (non-hydrogen) atoms. The first kappa shape index (κ1) is 21.7. The zero-order chi connectivity index (χ0) is 21.8. The fraction of sp³-hybridized carbons (Fsp3) is 0.560. The van der Waals surface area contributed by atoms with E-state index in [1.807, 2.05) is 16.2 Å². The van der Waals surface area contributed by atoms with Crippen molar-refractivity contribution < 1.29 is 9.53 Å². The Morgan fingerprint density at radius 2 is 1.84 bits per heavy atom. The van der Waals surface area contributed by atoms with Crippen LogP contribution in [0.2, 0.25) is 0 Å². The molecule has 0 spiro atoms. The topological polar surface area (TPSA) is 48.1 Å². The van der Waals surface area contributed by atoms with Gasteiger partial charge >= 0.3 is 6.03 Å². The van der Waals surface area contributed by atoms with Crippen LogP contribution in [0.25, 0.3) is 0 Å². The normalized spacial score (nSPS) is 20.2. The summed E-state index contributed by atoms with van der Waals surface area (Å²) in [5.74, 6) is 1.65. The number of hydrogen-bond donors (Lipinski definition) is 1. The number of carbonyl (C=O) groups excluding carboxylic acids is 1. The summed E-state index contributed by atoms with van der Waals surface area (Å²) < 4.78 is 5.61. The maximum Gasteiger partial charge on any atom is 0.317 e. The number of thiophene rings is 1. The van der Waals surface area contributed by atoms with E-state index in [4.69, 9.17) is 4.74 Å². The molecule has 4 heterocycles. The quantitative estimate of drug-likeness (QED) is 0.727. The lowest BCUT2D eigenvalue weighted by Crippen LogP contribution is -2.52. The molecule has 172 valence electrons. The highest BCUT2D eigenvalue weighted by Crippen LogP contribution is 2.26. The van der Waals surface area contributed by atoms with Gasteiger partial charge in [-0.2, -0.15) is 0 Å². The van der Waals surface area contributed by atoms with E-state index >= 15 is 0 Å². The molecule has 2 amide bonds. The first-order valence-electron chi connectivity index (χ1n) is 12.0. The first-order chi connectivity index (χ1) is 15.7. The molecule has 1 aromatic heterocycles. The van der Waals surface area contributed by atoms with Gasteiger partial charge in [-0.3, -0.25) is 9.80 Å². The van der Waals surface area contributed by atoms with E-state index in [2.05, 4.69) is 50.8 Å². The second-order valence-corrected chi connectivity index (χ2v) is 10.3. The first-order valence-corrected chi connectivity index (χ1v) is 12.9. The zero-order valence-electron chi connectivity index (χ0n) is 18.8. The highest BCUT2D eigenvalue weighted by atomic mass is 32.1. The van der Waals surface area contributed by atoms with Gasteiger partial charge in [-0.15, -0.1) is 11.3 Å². The number of carbonyl (C=O) groups is 1. The van der Waals surface area contributed by atoms with Crippen molar-refractivity contribution in [2.75, 3.05) is 52.4 Å². The lowest BCUT2D eigenvalue weighted by Gasteiger charge is -2.36. The van der Waals surface area contributed by atoms with Crippen LogP contribution in [-0.4, -0.2) is 73.2 Å². The largest absolute Gasteiger partial charge is 0.493 e. The lowest BCUT2D eigenvalue weighted by molar-refractivity contribution is 0.131. The van der Waals surface area contributed by atoms with Gasteiger partial charge in [-0.1, -0.05) is 18.2 Å². The molecule has 2 aromatic rings. The van der Waals surface area contributed by atoms with Crippen molar-refractivity contribution in [2.24, 2.45) is 5.92 Å². The Hall–Kier alpha value is -2.09. The molecule has 1 aromatic carbocycles. The predicted molar refractivity (Wildman–Crippen MR) is 128 cm³/mol. The van der Waals surface area contributed by atoms with E-state index in [0.29, 0.717) is 5.92 Å². The summed E-state index contributed by atoms with van der Waals surface area (Å²) in [7, 11) is 0. The third kappa shape index (κ3) is 5.45. The van der Waals surface area contributed by atoms with Gasteiger partial charge in [-0.05, 0) is 60.5 Å². The highest BCUT2D eigenvalue weighted by Gasteiger charge is 2.24. The van der Waals surface area contributed by atoms with Crippen molar-refractivity contribution in [2.45, 2.75) is 32.4 Å². The summed E-state index contributed by atoms with van der Waals surface area (Å²) >= 11 is 1.84. The van der Waals surface area contributed by atoms with Crippen LogP contribution in [0.15, 0.2) is 35.7 Å². The minimum absolute atomic E-state index is 0.111. The van der Waals surface area contributed by atoms with E-state index in [0.717, 1.165) is 77.7 Å². The van der Waals surface area contributed by atoms with Gasteiger partial charge in [0.15, 0.2) is 0 Å². The molecular weight excluding hydrogens is 420 g/mol. The van der Waals surface area contributed by atoms with Crippen molar-refractivity contribution in [3.8, 4) is 5.75 Å². The van der Waals surface area contributed by atoms with Crippen molar-refractivity contribution in [1.82, 2.24) is 20.0 Å². The fourth-order valence-corrected chi connectivity index (χ4v) is 5.77. The molecular formula is C25H34N4O2S. The van der Waals surface area contributed by atoms with Crippen LogP contribution < -0.4 is 10.1 Å². The van der Waals surface area contributed by atoms with Crippen molar-refractivity contribution in [3.63, 3.8) is 0 Å². The molecule has 0 unspecified atom stereocenters. The van der Waals surface area contributed by atoms with Crippen molar-refractivity contribution in [1.29, 1.82) is 0 Å². The Kier molecular flexibility index (Phi) is 6.95. The van der Waals surface area contributed by atoms with Crippen LogP contribution in [0.1, 0.15) is 28.8 Å². The number of urea groups is 1. The Labute approximate surface area is 195 Å². The van der Waals surface area contributed by atoms with Gasteiger partial charge in [0.2, 0.25) is 0 Å². The Bertz CT molecular complexity index is 887. The van der Waals surface area contributed by atoms with Gasteiger partial charge in [0.1, 0.15) is 5.75 Å². The Morgan fingerprint density at radius 1 is 1.03 bits per heavy atom. The number of benzene rings is 1. The average molecular weight is 455 g/mol. The SMILES string of the molecule is O=C(NCC1CCN(Cc2cccs2)CC1)N1CCN(Cc2ccc3c(c2)CCO3)CC1.